The SMILES string of the molecule is [2H]C[C@H]1O[C@H]([3H])C[C@@H]1O[P@]1(=O)CCC[C@H]([C@H]2O[C@H]([3H])C[C@@H]2OP(OCC[N+]#[C-])N(C(C)C)C(C)C)N1. The van der Waals surface area contributed by atoms with Crippen molar-refractivity contribution in [2.45, 2.75) is 103 Å². The monoisotopic (exact) mass is 510 g/mol. The van der Waals surface area contributed by atoms with Crippen molar-refractivity contribution >= 4 is 16.0 Å². The predicted octanol–water partition coefficient (Wildman–Crippen LogP) is 4.58. The summed E-state index contributed by atoms with van der Waals surface area (Å²) in [5.41, 5.74) is 0. The Labute approximate surface area is 204 Å². The van der Waals surface area contributed by atoms with Gasteiger partial charge in [0, 0.05) is 45.2 Å². The number of hydrogen-bond acceptors (Lipinski definition) is 7. The maximum absolute atomic E-state index is 13.7. The van der Waals surface area contributed by atoms with Crippen LogP contribution in [-0.2, 0) is 27.6 Å². The van der Waals surface area contributed by atoms with Gasteiger partial charge in [-0.05, 0) is 53.9 Å². The summed E-state index contributed by atoms with van der Waals surface area (Å²) in [6.45, 7) is 14.3. The molecule has 3 aliphatic heterocycles. The maximum Gasteiger partial charge on any atom is 0.270 e. The molecule has 0 radical (unpaired) electrons. The number of nitrogens with zero attached hydrogens (tertiary/aromatic N) is 2. The normalized spacial score (nSPS) is 41.8. The third-order valence-electron chi connectivity index (χ3n) is 5.87. The Morgan fingerprint density at radius 2 is 2.00 bits per heavy atom. The van der Waals surface area contributed by atoms with Crippen LogP contribution < -0.4 is 5.09 Å². The van der Waals surface area contributed by atoms with E-state index in [0.29, 0.717) is 25.4 Å². The Bertz CT molecular complexity index is 787. The Morgan fingerprint density at radius 3 is 2.70 bits per heavy atom. The quantitative estimate of drug-likeness (QED) is 0.246. The van der Waals surface area contributed by atoms with Crippen molar-refractivity contribution in [1.29, 1.82) is 0 Å². The van der Waals surface area contributed by atoms with Crippen molar-refractivity contribution in [3.8, 4) is 0 Å². The maximum atomic E-state index is 13.7. The first kappa shape index (κ1) is 23.3. The van der Waals surface area contributed by atoms with E-state index in [1.165, 1.54) is 0 Å². The van der Waals surface area contributed by atoms with Crippen molar-refractivity contribution in [3.63, 3.8) is 0 Å². The summed E-state index contributed by atoms with van der Waals surface area (Å²) in [4.78, 5) is 3.38. The van der Waals surface area contributed by atoms with E-state index in [4.69, 9.17) is 33.7 Å². The van der Waals surface area contributed by atoms with Crippen LogP contribution in [0.3, 0.4) is 0 Å². The number of rotatable bonds is 11. The van der Waals surface area contributed by atoms with Crippen LogP contribution in [0.4, 0.5) is 0 Å². The van der Waals surface area contributed by atoms with Gasteiger partial charge in [0.15, 0.2) is 0 Å². The van der Waals surface area contributed by atoms with Gasteiger partial charge in [0.25, 0.3) is 16.0 Å². The van der Waals surface area contributed by atoms with Gasteiger partial charge < -0.3 is 27.9 Å². The molecule has 3 saturated heterocycles. The van der Waals surface area contributed by atoms with E-state index in [9.17, 15) is 4.57 Å². The lowest BCUT2D eigenvalue weighted by atomic mass is 10.0. The fourth-order valence-corrected chi connectivity index (χ4v) is 8.48. The van der Waals surface area contributed by atoms with Crippen LogP contribution in [-0.4, -0.2) is 79.7 Å². The summed E-state index contributed by atoms with van der Waals surface area (Å²) < 4.78 is 69.5. The third kappa shape index (κ3) is 7.43. The first-order chi connectivity index (χ1) is 17.1. The van der Waals surface area contributed by atoms with Gasteiger partial charge in [0.2, 0.25) is 6.54 Å². The molecule has 0 amide bonds. The summed E-state index contributed by atoms with van der Waals surface area (Å²) in [6.07, 6.45) is 0.296. The van der Waals surface area contributed by atoms with E-state index in [2.05, 4.69) is 42.3 Å². The number of nitrogens with one attached hydrogen (secondary N) is 1. The van der Waals surface area contributed by atoms with Gasteiger partial charge in [-0.25, -0.2) is 16.3 Å². The Morgan fingerprint density at radius 1 is 1.27 bits per heavy atom. The Kier molecular flexibility index (Phi) is 8.97. The fraction of sp³-hybridized carbons (Fsp3) is 0.955. The molecule has 0 aromatic rings. The van der Waals surface area contributed by atoms with Gasteiger partial charge in [-0.2, -0.15) is 0 Å². The zero-order valence-electron chi connectivity index (χ0n) is 23.1. The minimum Gasteiger partial charge on any atom is -0.376 e. The molecule has 33 heavy (non-hydrogen) atoms. The van der Waals surface area contributed by atoms with E-state index < -0.39 is 53.6 Å². The van der Waals surface area contributed by atoms with E-state index >= 15 is 0 Å². The molecule has 9 atom stereocenters. The molecule has 0 aliphatic carbocycles. The molecule has 3 aliphatic rings. The zero-order chi connectivity index (χ0) is 26.5. The van der Waals surface area contributed by atoms with Gasteiger partial charge in [-0.3, -0.25) is 4.57 Å². The standard InChI is InChI=1S/C22H41N3O6P2/c1-16(2)25(17(3)4)32(29-14-11-23-6)30-21-10-13-28-22(21)19-8-7-15-33(26,24-19)31-20-9-12-27-18(20)5/h16-22H,7-15H2,1-5H3,(H,24,26)/t18-,19-,20+,21+,22-,32?,33-/m1/s1/i5D,12T,13T/t12-,13-,18-,19-,20+,21+,22-,32?,33-. The number of hydrogen-bond donors (Lipinski definition) is 1. The molecule has 11 heteroatoms. The second-order valence-corrected chi connectivity index (χ2v) is 12.8. The lowest BCUT2D eigenvalue weighted by Gasteiger charge is -2.39. The van der Waals surface area contributed by atoms with Crippen molar-refractivity contribution in [2.75, 3.05) is 32.5 Å². The molecule has 0 bridgehead atoms. The first-order valence-corrected chi connectivity index (χ1v) is 14.7. The Hall–Kier alpha value is -0.130. The second-order valence-electron chi connectivity index (χ2n) is 9.16. The van der Waals surface area contributed by atoms with Crippen LogP contribution in [0.1, 0.15) is 64.4 Å². The van der Waals surface area contributed by atoms with Gasteiger partial charge >= 0.3 is 0 Å². The van der Waals surface area contributed by atoms with E-state index in [1.807, 2.05) is 0 Å². The average molecular weight is 511 g/mol. The summed E-state index contributed by atoms with van der Waals surface area (Å²) in [5, 5.41) is 3.19. The fourth-order valence-electron chi connectivity index (χ4n) is 4.41. The van der Waals surface area contributed by atoms with E-state index in [0.717, 1.165) is 0 Å². The third-order valence-corrected chi connectivity index (χ3v) is 10.3. The molecule has 190 valence electrons. The topological polar surface area (TPSA) is 82.9 Å². The molecule has 3 fully saturated rings. The highest BCUT2D eigenvalue weighted by atomic mass is 31.2. The molecule has 0 spiro atoms. The molecule has 9 nitrogen and oxygen atoms in total. The van der Waals surface area contributed by atoms with E-state index in [-0.39, 0.29) is 44.6 Å². The molecule has 0 saturated carbocycles. The van der Waals surface area contributed by atoms with Crippen molar-refractivity contribution in [2.24, 2.45) is 0 Å². The summed E-state index contributed by atoms with van der Waals surface area (Å²) in [7, 11) is -4.76. The summed E-state index contributed by atoms with van der Waals surface area (Å²) >= 11 is 0. The molecular formula is C22H41N3O6P2. The minimum atomic E-state index is -3.26. The van der Waals surface area contributed by atoms with Crippen LogP contribution in [0.5, 0.6) is 0 Å². The van der Waals surface area contributed by atoms with Crippen LogP contribution in [0.2, 0.25) is 0 Å². The molecule has 1 unspecified atom stereocenters. The molecule has 0 aromatic heterocycles. The first-order valence-electron chi connectivity index (χ1n) is 13.6. The lowest BCUT2D eigenvalue weighted by Crippen LogP contribution is -2.47. The van der Waals surface area contributed by atoms with Crippen LogP contribution in [0.25, 0.3) is 4.85 Å². The smallest absolute Gasteiger partial charge is 0.270 e. The molecule has 3 rings (SSSR count). The van der Waals surface area contributed by atoms with Crippen LogP contribution in [0.15, 0.2) is 0 Å². The molecule has 3 heterocycles. The van der Waals surface area contributed by atoms with E-state index in [1.54, 1.807) is 0 Å². The van der Waals surface area contributed by atoms with Crippen molar-refractivity contribution in [1.82, 2.24) is 9.76 Å². The van der Waals surface area contributed by atoms with Crippen LogP contribution in [0, 0.1) is 6.57 Å². The van der Waals surface area contributed by atoms with Crippen LogP contribution >= 0.6 is 16.0 Å². The van der Waals surface area contributed by atoms with Gasteiger partial charge in [0.05, 0.1) is 27.2 Å². The highest BCUT2D eigenvalue weighted by Crippen LogP contribution is 2.52. The highest BCUT2D eigenvalue weighted by Gasteiger charge is 2.45. The van der Waals surface area contributed by atoms with Gasteiger partial charge in [-0.1, -0.05) is 0 Å². The largest absolute Gasteiger partial charge is 0.376 e. The zero-order valence-corrected chi connectivity index (χ0v) is 21.9. The summed E-state index contributed by atoms with van der Waals surface area (Å²) in [5.74, 6) is 0. The number of ether oxygens (including phenoxy) is 2. The lowest BCUT2D eigenvalue weighted by molar-refractivity contribution is 0.0172. The minimum absolute atomic E-state index is 0.0507. The van der Waals surface area contributed by atoms with Crippen molar-refractivity contribution in [3.05, 3.63) is 11.4 Å². The predicted molar refractivity (Wildman–Crippen MR) is 129 cm³/mol. The van der Waals surface area contributed by atoms with Gasteiger partial charge in [0.1, 0.15) is 6.61 Å². The highest BCUT2D eigenvalue weighted by molar-refractivity contribution is 7.57. The van der Waals surface area contributed by atoms with Gasteiger partial charge in [-0.15, -0.1) is 0 Å². The Balaban J connectivity index is 1.72. The average Bonchev–Trinajstić information content (AvgIpc) is 3.33. The molecule has 1 N–H and O–H groups in total. The second kappa shape index (κ2) is 12.7. The summed E-state index contributed by atoms with van der Waals surface area (Å²) in [6, 6.07) is -0.0322. The van der Waals surface area contributed by atoms with Crippen molar-refractivity contribution < 1.29 is 31.7 Å². The molecule has 0 aromatic carbocycles. The molecular weight excluding hydrogens is 464 g/mol.